The first kappa shape index (κ1) is 24.1. The zero-order valence-corrected chi connectivity index (χ0v) is 20.2. The van der Waals surface area contributed by atoms with Crippen LogP contribution in [0.3, 0.4) is 0 Å². The molecule has 0 unspecified atom stereocenters. The first-order valence-corrected chi connectivity index (χ1v) is 12.7. The van der Waals surface area contributed by atoms with E-state index in [2.05, 4.69) is 5.32 Å². The van der Waals surface area contributed by atoms with Gasteiger partial charge in [0.2, 0.25) is 15.9 Å². The van der Waals surface area contributed by atoms with Gasteiger partial charge < -0.3 is 14.8 Å². The third-order valence-electron chi connectivity index (χ3n) is 5.60. The summed E-state index contributed by atoms with van der Waals surface area (Å²) in [6.45, 7) is 0.409. The van der Waals surface area contributed by atoms with E-state index in [9.17, 15) is 13.2 Å². The van der Waals surface area contributed by atoms with E-state index in [-0.39, 0.29) is 23.1 Å². The van der Waals surface area contributed by atoms with Gasteiger partial charge in [0.15, 0.2) is 0 Å². The first-order chi connectivity index (χ1) is 16.4. The number of sulfonamides is 1. The minimum absolute atomic E-state index is 0.00226. The summed E-state index contributed by atoms with van der Waals surface area (Å²) in [5.41, 5.74) is 0.613. The lowest BCUT2D eigenvalue weighted by Crippen LogP contribution is -2.43. The van der Waals surface area contributed by atoms with Crippen LogP contribution in [0, 0.1) is 5.92 Å². The van der Waals surface area contributed by atoms with Crippen molar-refractivity contribution in [3.05, 3.63) is 77.8 Å². The molecule has 9 heteroatoms. The Hall–Kier alpha value is -3.07. The molecule has 1 amide bonds. The summed E-state index contributed by atoms with van der Waals surface area (Å²) in [6.07, 6.45) is 1.17. The van der Waals surface area contributed by atoms with Crippen molar-refractivity contribution in [2.24, 2.45) is 5.92 Å². The Labute approximate surface area is 204 Å². The molecule has 1 saturated heterocycles. The number of carbonyl (C=O) groups is 1. The topological polar surface area (TPSA) is 84.9 Å². The normalized spacial score (nSPS) is 16.6. The van der Waals surface area contributed by atoms with Gasteiger partial charge in [0.05, 0.1) is 13.0 Å². The molecule has 0 aliphatic carbocycles. The highest BCUT2D eigenvalue weighted by atomic mass is 35.5. The lowest BCUT2D eigenvalue weighted by Gasteiger charge is -2.31. The number of nitrogens with zero attached hydrogens (tertiary/aromatic N) is 1. The van der Waals surface area contributed by atoms with Crippen LogP contribution in [0.5, 0.6) is 17.2 Å². The van der Waals surface area contributed by atoms with E-state index in [0.717, 1.165) is 5.75 Å². The number of nitrogens with one attached hydrogen (secondary N) is 1. The Morgan fingerprint density at radius 2 is 1.74 bits per heavy atom. The highest BCUT2D eigenvalue weighted by Gasteiger charge is 2.35. The summed E-state index contributed by atoms with van der Waals surface area (Å²) in [6, 6.07) is 20.9. The molecule has 1 aliphatic rings. The summed E-state index contributed by atoms with van der Waals surface area (Å²) in [7, 11) is -2.47. The molecule has 3 aromatic carbocycles. The van der Waals surface area contributed by atoms with E-state index in [4.69, 9.17) is 21.1 Å². The molecule has 0 spiro atoms. The number of amides is 1. The van der Waals surface area contributed by atoms with Gasteiger partial charge in [0.1, 0.15) is 22.1 Å². The number of halogens is 1. The number of rotatable bonds is 7. The molecule has 1 fully saturated rings. The zero-order valence-electron chi connectivity index (χ0n) is 18.6. The Bertz CT molecular complexity index is 1250. The van der Waals surface area contributed by atoms with Crippen LogP contribution in [-0.4, -0.2) is 38.8 Å². The van der Waals surface area contributed by atoms with E-state index in [1.807, 2.05) is 30.3 Å². The first-order valence-electron chi connectivity index (χ1n) is 10.8. The van der Waals surface area contributed by atoms with E-state index in [1.165, 1.54) is 23.5 Å². The van der Waals surface area contributed by atoms with Crippen LogP contribution in [0.4, 0.5) is 5.69 Å². The standard InChI is InChI=1S/C25H25ClN2O5S/c1-32-23-14-9-19(26)16-24(23)34(30,31)28-15-5-6-18(17-28)25(29)27-20-10-12-22(13-11-20)33-21-7-3-2-4-8-21/h2-4,7-14,16,18H,5-6,15,17H2,1H3,(H,27,29)/t18-/m1/s1. The van der Waals surface area contributed by atoms with Crippen LogP contribution < -0.4 is 14.8 Å². The van der Waals surface area contributed by atoms with Crippen molar-refractivity contribution in [2.45, 2.75) is 17.7 Å². The summed E-state index contributed by atoms with van der Waals surface area (Å²) in [5.74, 6) is 0.881. The third kappa shape index (κ3) is 5.52. The van der Waals surface area contributed by atoms with Gasteiger partial charge in [-0.3, -0.25) is 4.79 Å². The lowest BCUT2D eigenvalue weighted by atomic mass is 9.99. The molecule has 0 radical (unpaired) electrons. The van der Waals surface area contributed by atoms with Crippen LogP contribution >= 0.6 is 11.6 Å². The molecule has 1 heterocycles. The van der Waals surface area contributed by atoms with Crippen molar-refractivity contribution < 1.29 is 22.7 Å². The van der Waals surface area contributed by atoms with Crippen LogP contribution in [0.2, 0.25) is 5.02 Å². The van der Waals surface area contributed by atoms with Crippen molar-refractivity contribution in [1.29, 1.82) is 0 Å². The fourth-order valence-electron chi connectivity index (χ4n) is 3.84. The Kier molecular flexibility index (Phi) is 7.41. The minimum atomic E-state index is -3.87. The van der Waals surface area contributed by atoms with Gasteiger partial charge in [0.25, 0.3) is 0 Å². The molecule has 0 saturated carbocycles. The SMILES string of the molecule is COc1ccc(Cl)cc1S(=O)(=O)N1CCC[C@@H](C(=O)Nc2ccc(Oc3ccccc3)cc2)C1. The van der Waals surface area contributed by atoms with Crippen LogP contribution in [-0.2, 0) is 14.8 Å². The maximum atomic E-state index is 13.3. The maximum Gasteiger partial charge on any atom is 0.246 e. The number of hydrogen-bond acceptors (Lipinski definition) is 5. The summed E-state index contributed by atoms with van der Waals surface area (Å²) in [4.78, 5) is 12.9. The molecule has 0 bridgehead atoms. The molecule has 3 aromatic rings. The van der Waals surface area contributed by atoms with E-state index in [0.29, 0.717) is 35.8 Å². The second-order valence-electron chi connectivity index (χ2n) is 7.93. The zero-order chi connectivity index (χ0) is 24.1. The van der Waals surface area contributed by atoms with Gasteiger partial charge >= 0.3 is 0 Å². The summed E-state index contributed by atoms with van der Waals surface area (Å²) < 4.78 is 38.9. The van der Waals surface area contributed by atoms with E-state index < -0.39 is 15.9 Å². The smallest absolute Gasteiger partial charge is 0.246 e. The van der Waals surface area contributed by atoms with Crippen molar-refractivity contribution in [1.82, 2.24) is 4.31 Å². The minimum Gasteiger partial charge on any atom is -0.495 e. The fourth-order valence-corrected chi connectivity index (χ4v) is 5.78. The molecule has 178 valence electrons. The van der Waals surface area contributed by atoms with E-state index in [1.54, 1.807) is 30.3 Å². The quantitative estimate of drug-likeness (QED) is 0.483. The van der Waals surface area contributed by atoms with Crippen molar-refractivity contribution in [3.8, 4) is 17.2 Å². The number of benzene rings is 3. The number of para-hydroxylation sites is 1. The number of ether oxygens (including phenoxy) is 2. The van der Waals surface area contributed by atoms with Gasteiger partial charge in [-0.05, 0) is 67.4 Å². The monoisotopic (exact) mass is 500 g/mol. The van der Waals surface area contributed by atoms with Crippen LogP contribution in [0.1, 0.15) is 12.8 Å². The fraction of sp³-hybridized carbons (Fsp3) is 0.240. The van der Waals surface area contributed by atoms with Gasteiger partial charge in [-0.1, -0.05) is 29.8 Å². The Morgan fingerprint density at radius 3 is 2.44 bits per heavy atom. The third-order valence-corrected chi connectivity index (χ3v) is 7.72. The number of methoxy groups -OCH3 is 1. The summed E-state index contributed by atoms with van der Waals surface area (Å²) >= 11 is 6.03. The second-order valence-corrected chi connectivity index (χ2v) is 10.3. The number of carbonyl (C=O) groups excluding carboxylic acids is 1. The van der Waals surface area contributed by atoms with Crippen molar-refractivity contribution in [2.75, 3.05) is 25.5 Å². The molecule has 1 atom stereocenters. The van der Waals surface area contributed by atoms with Gasteiger partial charge in [-0.2, -0.15) is 4.31 Å². The number of hydrogen-bond donors (Lipinski definition) is 1. The van der Waals surface area contributed by atoms with Crippen LogP contribution in [0.25, 0.3) is 0 Å². The average molecular weight is 501 g/mol. The highest BCUT2D eigenvalue weighted by molar-refractivity contribution is 7.89. The molecule has 1 aliphatic heterocycles. The number of piperidine rings is 1. The largest absolute Gasteiger partial charge is 0.495 e. The lowest BCUT2D eigenvalue weighted by molar-refractivity contribution is -0.120. The molecule has 4 rings (SSSR count). The number of anilines is 1. The van der Waals surface area contributed by atoms with Gasteiger partial charge in [-0.25, -0.2) is 8.42 Å². The predicted molar refractivity (Wildman–Crippen MR) is 131 cm³/mol. The molecule has 0 aromatic heterocycles. The Balaban J connectivity index is 1.42. The highest BCUT2D eigenvalue weighted by Crippen LogP contribution is 2.32. The second kappa shape index (κ2) is 10.5. The maximum absolute atomic E-state index is 13.3. The molecular formula is C25H25ClN2O5S. The summed E-state index contributed by atoms with van der Waals surface area (Å²) in [5, 5.41) is 3.18. The Morgan fingerprint density at radius 1 is 1.03 bits per heavy atom. The predicted octanol–water partition coefficient (Wildman–Crippen LogP) is 5.18. The van der Waals surface area contributed by atoms with Gasteiger partial charge in [0, 0.05) is 23.8 Å². The molecule has 1 N–H and O–H groups in total. The molecule has 7 nitrogen and oxygen atoms in total. The van der Waals surface area contributed by atoms with Gasteiger partial charge in [-0.15, -0.1) is 0 Å². The van der Waals surface area contributed by atoms with Crippen molar-refractivity contribution >= 4 is 33.2 Å². The molecular weight excluding hydrogens is 476 g/mol. The van der Waals surface area contributed by atoms with Crippen LogP contribution in [0.15, 0.2) is 77.7 Å². The van der Waals surface area contributed by atoms with E-state index >= 15 is 0 Å². The van der Waals surface area contributed by atoms with Crippen molar-refractivity contribution in [3.63, 3.8) is 0 Å². The molecule has 34 heavy (non-hydrogen) atoms. The average Bonchev–Trinajstić information content (AvgIpc) is 2.86.